The van der Waals surface area contributed by atoms with Crippen LogP contribution in [0.1, 0.15) is 43.0 Å². The maximum Gasteiger partial charge on any atom is 0.255 e. The second kappa shape index (κ2) is 9.40. The number of carbonyl (C=O) groups excluding carboxylic acids is 2. The molecular formula is C17H26ClN3O2. The van der Waals surface area contributed by atoms with Gasteiger partial charge in [0.15, 0.2) is 0 Å². The summed E-state index contributed by atoms with van der Waals surface area (Å²) >= 11 is 0. The van der Waals surface area contributed by atoms with Gasteiger partial charge in [0.1, 0.15) is 0 Å². The molecule has 0 bridgehead atoms. The van der Waals surface area contributed by atoms with Crippen LogP contribution in [0, 0.1) is 5.92 Å². The molecule has 5 nitrogen and oxygen atoms in total. The van der Waals surface area contributed by atoms with E-state index in [0.29, 0.717) is 24.3 Å². The van der Waals surface area contributed by atoms with Crippen LogP contribution in [0.25, 0.3) is 0 Å². The fourth-order valence-electron chi connectivity index (χ4n) is 2.74. The van der Waals surface area contributed by atoms with E-state index in [1.807, 2.05) is 12.1 Å². The summed E-state index contributed by atoms with van der Waals surface area (Å²) in [5, 5.41) is 2.98. The molecule has 23 heavy (non-hydrogen) atoms. The van der Waals surface area contributed by atoms with Crippen molar-refractivity contribution in [3.8, 4) is 0 Å². The van der Waals surface area contributed by atoms with Crippen LogP contribution in [-0.4, -0.2) is 36.3 Å². The lowest BCUT2D eigenvalue weighted by atomic mass is 9.95. The summed E-state index contributed by atoms with van der Waals surface area (Å²) in [6.07, 6.45) is 3.52. The fourth-order valence-corrected chi connectivity index (χ4v) is 2.74. The van der Waals surface area contributed by atoms with Crippen LogP contribution in [0.15, 0.2) is 24.3 Å². The van der Waals surface area contributed by atoms with Crippen LogP contribution in [0.2, 0.25) is 0 Å². The van der Waals surface area contributed by atoms with E-state index in [1.54, 1.807) is 17.0 Å². The van der Waals surface area contributed by atoms with Crippen molar-refractivity contribution >= 4 is 29.9 Å². The van der Waals surface area contributed by atoms with Crippen molar-refractivity contribution in [2.75, 3.05) is 25.4 Å². The Morgan fingerprint density at radius 3 is 2.52 bits per heavy atom. The van der Waals surface area contributed by atoms with Gasteiger partial charge in [0.25, 0.3) is 5.91 Å². The van der Waals surface area contributed by atoms with Crippen molar-refractivity contribution in [3.05, 3.63) is 29.8 Å². The number of benzene rings is 1. The minimum absolute atomic E-state index is 0. The summed E-state index contributed by atoms with van der Waals surface area (Å²) in [6, 6.07) is 7.12. The highest BCUT2D eigenvalue weighted by Crippen LogP contribution is 2.21. The van der Waals surface area contributed by atoms with Crippen LogP contribution in [0.5, 0.6) is 0 Å². The highest BCUT2D eigenvalue weighted by molar-refractivity contribution is 5.99. The zero-order valence-electron chi connectivity index (χ0n) is 13.6. The standard InChI is InChI=1S/C17H25N3O2.ClH/c1-2-3-10-19-16(21)13-8-11-20(12-9-13)17(22)14-6-4-5-7-15(14)18;/h4-7,13H,2-3,8-12,18H2,1H3,(H,19,21);1H. The first-order chi connectivity index (χ1) is 10.6. The predicted octanol–water partition coefficient (Wildman–Crippen LogP) is 2.46. The molecule has 1 fully saturated rings. The van der Waals surface area contributed by atoms with Crippen molar-refractivity contribution in [3.63, 3.8) is 0 Å². The molecule has 128 valence electrons. The monoisotopic (exact) mass is 339 g/mol. The molecule has 2 rings (SSSR count). The summed E-state index contributed by atoms with van der Waals surface area (Å²) in [4.78, 5) is 26.3. The Hall–Kier alpha value is -1.75. The van der Waals surface area contributed by atoms with E-state index in [1.165, 1.54) is 0 Å². The molecule has 0 aromatic heterocycles. The number of hydrogen-bond acceptors (Lipinski definition) is 3. The van der Waals surface area contributed by atoms with Gasteiger partial charge in [-0.1, -0.05) is 25.5 Å². The van der Waals surface area contributed by atoms with Gasteiger partial charge in [-0.05, 0) is 31.4 Å². The van der Waals surface area contributed by atoms with E-state index >= 15 is 0 Å². The fraction of sp³-hybridized carbons (Fsp3) is 0.529. The summed E-state index contributed by atoms with van der Waals surface area (Å²) in [6.45, 7) is 4.07. The number of hydrogen-bond donors (Lipinski definition) is 2. The summed E-state index contributed by atoms with van der Waals surface area (Å²) < 4.78 is 0. The smallest absolute Gasteiger partial charge is 0.255 e. The minimum atomic E-state index is -0.0389. The Labute approximate surface area is 144 Å². The van der Waals surface area contributed by atoms with Crippen molar-refractivity contribution < 1.29 is 9.59 Å². The molecule has 1 aliphatic rings. The summed E-state index contributed by atoms with van der Waals surface area (Å²) in [5.41, 5.74) is 6.92. The van der Waals surface area contributed by atoms with Crippen LogP contribution in [0.4, 0.5) is 5.69 Å². The number of likely N-dealkylation sites (tertiary alicyclic amines) is 1. The van der Waals surface area contributed by atoms with Crippen LogP contribution in [0.3, 0.4) is 0 Å². The quantitative estimate of drug-likeness (QED) is 0.639. The number of nitrogen functional groups attached to an aromatic ring is 1. The largest absolute Gasteiger partial charge is 0.398 e. The van der Waals surface area contributed by atoms with E-state index in [-0.39, 0.29) is 30.1 Å². The number of anilines is 1. The molecular weight excluding hydrogens is 314 g/mol. The zero-order valence-corrected chi connectivity index (χ0v) is 14.4. The molecule has 2 amide bonds. The summed E-state index contributed by atoms with van der Waals surface area (Å²) in [5.74, 6) is 0.108. The molecule has 1 saturated heterocycles. The third-order valence-electron chi connectivity index (χ3n) is 4.17. The maximum atomic E-state index is 12.5. The van der Waals surface area contributed by atoms with E-state index in [0.717, 1.165) is 32.2 Å². The van der Waals surface area contributed by atoms with E-state index in [2.05, 4.69) is 12.2 Å². The Morgan fingerprint density at radius 1 is 1.26 bits per heavy atom. The second-order valence-electron chi connectivity index (χ2n) is 5.80. The van der Waals surface area contributed by atoms with Gasteiger partial charge in [0, 0.05) is 31.2 Å². The first kappa shape index (κ1) is 19.3. The normalized spacial score (nSPS) is 14.9. The molecule has 1 heterocycles. The van der Waals surface area contributed by atoms with Crippen LogP contribution < -0.4 is 11.1 Å². The Kier molecular flexibility index (Phi) is 7.89. The van der Waals surface area contributed by atoms with E-state index in [9.17, 15) is 9.59 Å². The second-order valence-corrected chi connectivity index (χ2v) is 5.80. The average Bonchev–Trinajstić information content (AvgIpc) is 2.55. The molecule has 3 N–H and O–H groups in total. The molecule has 1 aromatic carbocycles. The molecule has 1 aromatic rings. The summed E-state index contributed by atoms with van der Waals surface area (Å²) in [7, 11) is 0. The molecule has 0 saturated carbocycles. The molecule has 0 spiro atoms. The highest BCUT2D eigenvalue weighted by atomic mass is 35.5. The molecule has 1 aliphatic heterocycles. The Balaban J connectivity index is 0.00000264. The number of nitrogens with one attached hydrogen (secondary N) is 1. The Bertz CT molecular complexity index is 528. The van der Waals surface area contributed by atoms with Gasteiger partial charge >= 0.3 is 0 Å². The number of rotatable bonds is 5. The van der Waals surface area contributed by atoms with Gasteiger partial charge < -0.3 is 16.0 Å². The van der Waals surface area contributed by atoms with Gasteiger partial charge in [-0.2, -0.15) is 0 Å². The van der Waals surface area contributed by atoms with Crippen LogP contribution in [-0.2, 0) is 4.79 Å². The molecule has 0 unspecified atom stereocenters. The number of carbonyl (C=O) groups is 2. The first-order valence-corrected chi connectivity index (χ1v) is 8.05. The molecule has 0 radical (unpaired) electrons. The van der Waals surface area contributed by atoms with E-state index in [4.69, 9.17) is 5.73 Å². The molecule has 0 aliphatic carbocycles. The third-order valence-corrected chi connectivity index (χ3v) is 4.17. The SMILES string of the molecule is CCCCNC(=O)C1CCN(C(=O)c2ccccc2N)CC1.Cl. The zero-order chi connectivity index (χ0) is 15.9. The predicted molar refractivity (Wildman–Crippen MR) is 94.6 cm³/mol. The van der Waals surface area contributed by atoms with Crippen molar-refractivity contribution in [2.45, 2.75) is 32.6 Å². The topological polar surface area (TPSA) is 75.4 Å². The number of amides is 2. The van der Waals surface area contributed by atoms with Gasteiger partial charge in [0.05, 0.1) is 5.56 Å². The maximum absolute atomic E-state index is 12.5. The van der Waals surface area contributed by atoms with Crippen molar-refractivity contribution in [2.24, 2.45) is 5.92 Å². The lowest BCUT2D eigenvalue weighted by Crippen LogP contribution is -2.43. The van der Waals surface area contributed by atoms with E-state index < -0.39 is 0 Å². The van der Waals surface area contributed by atoms with Gasteiger partial charge in [0.2, 0.25) is 5.91 Å². The third kappa shape index (κ3) is 5.13. The average molecular weight is 340 g/mol. The number of halogens is 1. The number of para-hydroxylation sites is 1. The van der Waals surface area contributed by atoms with Gasteiger partial charge in [-0.15, -0.1) is 12.4 Å². The van der Waals surface area contributed by atoms with Gasteiger partial charge in [-0.25, -0.2) is 0 Å². The van der Waals surface area contributed by atoms with Crippen molar-refractivity contribution in [1.29, 1.82) is 0 Å². The minimum Gasteiger partial charge on any atom is -0.398 e. The van der Waals surface area contributed by atoms with Crippen LogP contribution >= 0.6 is 12.4 Å². The number of nitrogens with two attached hydrogens (primary N) is 1. The van der Waals surface area contributed by atoms with Gasteiger partial charge in [-0.3, -0.25) is 9.59 Å². The number of unbranched alkanes of at least 4 members (excludes halogenated alkanes) is 1. The molecule has 6 heteroatoms. The first-order valence-electron chi connectivity index (χ1n) is 8.05. The number of piperidine rings is 1. The Morgan fingerprint density at radius 2 is 1.91 bits per heavy atom. The van der Waals surface area contributed by atoms with Crippen molar-refractivity contribution in [1.82, 2.24) is 10.2 Å². The lowest BCUT2D eigenvalue weighted by molar-refractivity contribution is -0.126. The lowest BCUT2D eigenvalue weighted by Gasteiger charge is -2.31. The number of nitrogens with zero attached hydrogens (tertiary/aromatic N) is 1. The molecule has 0 atom stereocenters. The highest BCUT2D eigenvalue weighted by Gasteiger charge is 2.28.